The van der Waals surface area contributed by atoms with Crippen molar-refractivity contribution < 1.29 is 19.0 Å². The van der Waals surface area contributed by atoms with Crippen molar-refractivity contribution in [3.05, 3.63) is 53.6 Å². The van der Waals surface area contributed by atoms with Gasteiger partial charge in [-0.3, -0.25) is 4.79 Å². The third-order valence-corrected chi connectivity index (χ3v) is 3.27. The van der Waals surface area contributed by atoms with E-state index in [1.54, 1.807) is 51.7 Å². The lowest BCUT2D eigenvalue weighted by molar-refractivity contribution is 0.0950. The molecule has 5 heteroatoms. The second kappa shape index (κ2) is 7.36. The van der Waals surface area contributed by atoms with E-state index in [-0.39, 0.29) is 5.91 Å². The van der Waals surface area contributed by atoms with Gasteiger partial charge in [-0.25, -0.2) is 0 Å². The molecule has 0 aliphatic rings. The van der Waals surface area contributed by atoms with Gasteiger partial charge >= 0.3 is 0 Å². The van der Waals surface area contributed by atoms with Gasteiger partial charge in [0.05, 0.1) is 21.3 Å². The number of rotatable bonds is 6. The molecule has 0 bridgehead atoms. The molecule has 0 atom stereocenters. The zero-order valence-corrected chi connectivity index (χ0v) is 12.9. The Morgan fingerprint density at radius 1 is 0.955 bits per heavy atom. The SMILES string of the molecule is COc1cccc(C(=O)NCc2ccc(OC)cc2OC)c1. The minimum Gasteiger partial charge on any atom is -0.497 e. The summed E-state index contributed by atoms with van der Waals surface area (Å²) in [6, 6.07) is 12.5. The molecule has 0 aliphatic carbocycles. The maximum Gasteiger partial charge on any atom is 0.251 e. The van der Waals surface area contributed by atoms with E-state index < -0.39 is 0 Å². The fourth-order valence-corrected chi connectivity index (χ4v) is 2.04. The van der Waals surface area contributed by atoms with Crippen molar-refractivity contribution >= 4 is 5.91 Å². The maximum absolute atomic E-state index is 12.2. The van der Waals surface area contributed by atoms with E-state index in [1.165, 1.54) is 0 Å². The zero-order chi connectivity index (χ0) is 15.9. The topological polar surface area (TPSA) is 56.8 Å². The van der Waals surface area contributed by atoms with E-state index in [9.17, 15) is 4.79 Å². The molecule has 0 unspecified atom stereocenters. The van der Waals surface area contributed by atoms with Gasteiger partial charge in [0.15, 0.2) is 0 Å². The van der Waals surface area contributed by atoms with Gasteiger partial charge in [0.1, 0.15) is 17.2 Å². The van der Waals surface area contributed by atoms with Gasteiger partial charge in [0.25, 0.3) is 5.91 Å². The predicted molar refractivity (Wildman–Crippen MR) is 83.7 cm³/mol. The Morgan fingerprint density at radius 3 is 2.36 bits per heavy atom. The van der Waals surface area contributed by atoms with Crippen LogP contribution in [0.5, 0.6) is 17.2 Å². The highest BCUT2D eigenvalue weighted by molar-refractivity contribution is 5.94. The summed E-state index contributed by atoms with van der Waals surface area (Å²) in [5.74, 6) is 1.86. The lowest BCUT2D eigenvalue weighted by Crippen LogP contribution is -2.23. The molecule has 1 amide bonds. The van der Waals surface area contributed by atoms with Crippen LogP contribution < -0.4 is 19.5 Å². The Kier molecular flexibility index (Phi) is 5.25. The van der Waals surface area contributed by atoms with Gasteiger partial charge in [-0.2, -0.15) is 0 Å². The first-order valence-corrected chi connectivity index (χ1v) is 6.81. The van der Waals surface area contributed by atoms with Crippen LogP contribution in [0.15, 0.2) is 42.5 Å². The van der Waals surface area contributed by atoms with E-state index in [2.05, 4.69) is 5.32 Å². The summed E-state index contributed by atoms with van der Waals surface area (Å²) < 4.78 is 15.6. The quantitative estimate of drug-likeness (QED) is 0.891. The van der Waals surface area contributed by atoms with Crippen LogP contribution in [0, 0.1) is 0 Å². The van der Waals surface area contributed by atoms with E-state index in [0.29, 0.717) is 29.4 Å². The van der Waals surface area contributed by atoms with Crippen molar-refractivity contribution in [1.29, 1.82) is 0 Å². The fourth-order valence-electron chi connectivity index (χ4n) is 2.04. The first-order chi connectivity index (χ1) is 10.7. The molecule has 0 aliphatic heterocycles. The Bertz CT molecular complexity index is 655. The largest absolute Gasteiger partial charge is 0.497 e. The van der Waals surface area contributed by atoms with E-state index in [4.69, 9.17) is 14.2 Å². The number of carbonyl (C=O) groups is 1. The van der Waals surface area contributed by atoms with Crippen LogP contribution in [0.4, 0.5) is 0 Å². The monoisotopic (exact) mass is 301 g/mol. The van der Waals surface area contributed by atoms with Gasteiger partial charge in [-0.1, -0.05) is 6.07 Å². The third-order valence-electron chi connectivity index (χ3n) is 3.27. The van der Waals surface area contributed by atoms with Crippen LogP contribution in [0.3, 0.4) is 0 Å². The minimum absolute atomic E-state index is 0.170. The predicted octanol–water partition coefficient (Wildman–Crippen LogP) is 2.64. The standard InChI is InChI=1S/C17H19NO4/c1-20-14-6-4-5-12(9-14)17(19)18-11-13-7-8-15(21-2)10-16(13)22-3/h4-10H,11H2,1-3H3,(H,18,19). The van der Waals surface area contributed by atoms with Crippen LogP contribution in [-0.4, -0.2) is 27.2 Å². The molecule has 1 N–H and O–H groups in total. The number of hydrogen-bond donors (Lipinski definition) is 1. The number of amides is 1. The first-order valence-electron chi connectivity index (χ1n) is 6.81. The first kappa shape index (κ1) is 15.7. The molecule has 0 saturated carbocycles. The van der Waals surface area contributed by atoms with E-state index in [1.807, 2.05) is 12.1 Å². The normalized spacial score (nSPS) is 9.95. The number of methoxy groups -OCH3 is 3. The summed E-state index contributed by atoms with van der Waals surface area (Å²) in [5.41, 5.74) is 1.42. The molecule has 0 aromatic heterocycles. The lowest BCUT2D eigenvalue weighted by Gasteiger charge is -2.11. The number of carbonyl (C=O) groups excluding carboxylic acids is 1. The highest BCUT2D eigenvalue weighted by Crippen LogP contribution is 2.24. The average Bonchev–Trinajstić information content (AvgIpc) is 2.59. The molecule has 0 spiro atoms. The van der Waals surface area contributed by atoms with Crippen LogP contribution in [0.2, 0.25) is 0 Å². The summed E-state index contributed by atoms with van der Waals surface area (Å²) in [5, 5.41) is 2.86. The van der Waals surface area contributed by atoms with E-state index in [0.717, 1.165) is 5.56 Å². The van der Waals surface area contributed by atoms with Gasteiger partial charge in [0, 0.05) is 23.7 Å². The van der Waals surface area contributed by atoms with Crippen molar-refractivity contribution in [2.24, 2.45) is 0 Å². The Hall–Kier alpha value is -2.69. The lowest BCUT2D eigenvalue weighted by atomic mass is 10.1. The molecule has 2 aromatic rings. The molecular weight excluding hydrogens is 282 g/mol. The number of benzene rings is 2. The molecule has 2 aromatic carbocycles. The van der Waals surface area contributed by atoms with Crippen molar-refractivity contribution in [3.63, 3.8) is 0 Å². The number of hydrogen-bond acceptors (Lipinski definition) is 4. The second-order valence-corrected chi connectivity index (χ2v) is 4.59. The van der Waals surface area contributed by atoms with Crippen LogP contribution in [0.25, 0.3) is 0 Å². The van der Waals surface area contributed by atoms with Gasteiger partial charge in [-0.15, -0.1) is 0 Å². The van der Waals surface area contributed by atoms with Crippen molar-refractivity contribution in [3.8, 4) is 17.2 Å². The van der Waals surface area contributed by atoms with Gasteiger partial charge in [-0.05, 0) is 30.3 Å². The summed E-state index contributed by atoms with van der Waals surface area (Å²) in [6.07, 6.45) is 0. The minimum atomic E-state index is -0.170. The summed E-state index contributed by atoms with van der Waals surface area (Å²) in [6.45, 7) is 0.364. The summed E-state index contributed by atoms with van der Waals surface area (Å²) in [7, 11) is 4.75. The number of nitrogens with one attached hydrogen (secondary N) is 1. The molecule has 0 heterocycles. The zero-order valence-electron chi connectivity index (χ0n) is 12.9. The molecule has 5 nitrogen and oxygen atoms in total. The Labute approximate surface area is 129 Å². The maximum atomic E-state index is 12.2. The van der Waals surface area contributed by atoms with Gasteiger partial charge < -0.3 is 19.5 Å². The third kappa shape index (κ3) is 3.69. The molecule has 2 rings (SSSR count). The molecule has 0 radical (unpaired) electrons. The van der Waals surface area contributed by atoms with Crippen LogP contribution in [0.1, 0.15) is 15.9 Å². The van der Waals surface area contributed by atoms with Crippen molar-refractivity contribution in [2.75, 3.05) is 21.3 Å². The van der Waals surface area contributed by atoms with Crippen LogP contribution >= 0.6 is 0 Å². The highest BCUT2D eigenvalue weighted by Gasteiger charge is 2.09. The van der Waals surface area contributed by atoms with Crippen LogP contribution in [-0.2, 0) is 6.54 Å². The molecule has 0 saturated heterocycles. The Morgan fingerprint density at radius 2 is 1.68 bits per heavy atom. The second-order valence-electron chi connectivity index (χ2n) is 4.59. The van der Waals surface area contributed by atoms with Crippen molar-refractivity contribution in [2.45, 2.75) is 6.54 Å². The Balaban J connectivity index is 2.07. The molecule has 22 heavy (non-hydrogen) atoms. The fraction of sp³-hybridized carbons (Fsp3) is 0.235. The van der Waals surface area contributed by atoms with Crippen molar-refractivity contribution in [1.82, 2.24) is 5.32 Å². The summed E-state index contributed by atoms with van der Waals surface area (Å²) >= 11 is 0. The average molecular weight is 301 g/mol. The molecule has 0 fully saturated rings. The van der Waals surface area contributed by atoms with E-state index >= 15 is 0 Å². The molecular formula is C17H19NO4. The number of ether oxygens (including phenoxy) is 3. The molecule has 116 valence electrons. The summed E-state index contributed by atoms with van der Waals surface area (Å²) in [4.78, 5) is 12.2. The highest BCUT2D eigenvalue weighted by atomic mass is 16.5. The smallest absolute Gasteiger partial charge is 0.251 e. The van der Waals surface area contributed by atoms with Gasteiger partial charge in [0.2, 0.25) is 0 Å².